The van der Waals surface area contributed by atoms with E-state index < -0.39 is 10.0 Å². The molecule has 1 unspecified atom stereocenters. The molecule has 0 bridgehead atoms. The van der Waals surface area contributed by atoms with Crippen LogP contribution in [0, 0.1) is 0 Å². The monoisotopic (exact) mass is 520 g/mol. The van der Waals surface area contributed by atoms with Crippen LogP contribution in [0.2, 0.25) is 10.0 Å². The minimum atomic E-state index is -3.64. The molecule has 1 atom stereocenters. The Morgan fingerprint density at radius 2 is 1.59 bits per heavy atom. The number of nitrogens with one attached hydrogen (secondary N) is 1. The molecule has 0 heterocycles. The first-order valence-corrected chi connectivity index (χ1v) is 13.2. The standard InChI is InChI=1S/C25H26Cl2N2O4S/c1-4-33-21-14-10-18(11-15-21)17(2)28-25(30)19-8-12-20(13-9-19)29(34(3,31)32)16-22-23(26)6-5-7-24(22)27/h5-15,17H,4,16H2,1-3H3,(H,28,30). The predicted molar refractivity (Wildman–Crippen MR) is 137 cm³/mol. The molecular formula is C25H26Cl2N2O4S. The average Bonchev–Trinajstić information content (AvgIpc) is 2.79. The molecule has 0 saturated heterocycles. The number of hydrogen-bond acceptors (Lipinski definition) is 4. The number of ether oxygens (including phenoxy) is 1. The summed E-state index contributed by atoms with van der Waals surface area (Å²) < 4.78 is 31.6. The Balaban J connectivity index is 1.75. The van der Waals surface area contributed by atoms with E-state index in [1.165, 1.54) is 4.31 Å². The Kier molecular flexibility index (Phi) is 8.47. The van der Waals surface area contributed by atoms with Gasteiger partial charge in [-0.1, -0.05) is 41.4 Å². The number of rotatable bonds is 9. The van der Waals surface area contributed by atoms with E-state index >= 15 is 0 Å². The van der Waals surface area contributed by atoms with Gasteiger partial charge in [0.1, 0.15) is 5.75 Å². The summed E-state index contributed by atoms with van der Waals surface area (Å²) in [5.41, 5.74) is 2.25. The van der Waals surface area contributed by atoms with E-state index in [2.05, 4.69) is 5.32 Å². The zero-order chi connectivity index (χ0) is 24.9. The molecule has 0 radical (unpaired) electrons. The second kappa shape index (κ2) is 11.1. The summed E-state index contributed by atoms with van der Waals surface area (Å²) in [6, 6.07) is 18.7. The van der Waals surface area contributed by atoms with Gasteiger partial charge in [0.2, 0.25) is 10.0 Å². The fraction of sp³-hybridized carbons (Fsp3) is 0.240. The van der Waals surface area contributed by atoms with E-state index in [0.29, 0.717) is 33.5 Å². The highest BCUT2D eigenvalue weighted by molar-refractivity contribution is 7.92. The maximum Gasteiger partial charge on any atom is 0.251 e. The largest absolute Gasteiger partial charge is 0.494 e. The van der Waals surface area contributed by atoms with E-state index in [-0.39, 0.29) is 18.5 Å². The van der Waals surface area contributed by atoms with Crippen molar-refractivity contribution in [3.63, 3.8) is 0 Å². The number of benzene rings is 3. The van der Waals surface area contributed by atoms with Crippen molar-refractivity contribution in [3.05, 3.63) is 93.5 Å². The minimum Gasteiger partial charge on any atom is -0.494 e. The van der Waals surface area contributed by atoms with Crippen molar-refractivity contribution in [2.24, 2.45) is 0 Å². The first-order valence-electron chi connectivity index (χ1n) is 10.6. The van der Waals surface area contributed by atoms with Gasteiger partial charge in [-0.3, -0.25) is 9.10 Å². The van der Waals surface area contributed by atoms with Crippen LogP contribution >= 0.6 is 23.2 Å². The van der Waals surface area contributed by atoms with E-state index in [4.69, 9.17) is 27.9 Å². The molecule has 0 aliphatic carbocycles. The summed E-state index contributed by atoms with van der Waals surface area (Å²) in [7, 11) is -3.64. The topological polar surface area (TPSA) is 75.7 Å². The smallest absolute Gasteiger partial charge is 0.251 e. The van der Waals surface area contributed by atoms with Crippen LogP contribution in [-0.2, 0) is 16.6 Å². The summed E-state index contributed by atoms with van der Waals surface area (Å²) in [4.78, 5) is 12.8. The summed E-state index contributed by atoms with van der Waals surface area (Å²) >= 11 is 12.5. The van der Waals surface area contributed by atoms with Crippen molar-refractivity contribution in [3.8, 4) is 5.75 Å². The average molecular weight is 521 g/mol. The van der Waals surface area contributed by atoms with Gasteiger partial charge >= 0.3 is 0 Å². The lowest BCUT2D eigenvalue weighted by Crippen LogP contribution is -2.30. The molecule has 1 amide bonds. The van der Waals surface area contributed by atoms with Gasteiger partial charge in [-0.2, -0.15) is 0 Å². The highest BCUT2D eigenvalue weighted by atomic mass is 35.5. The molecule has 3 aromatic rings. The van der Waals surface area contributed by atoms with Crippen LogP contribution in [0.5, 0.6) is 5.75 Å². The third-order valence-electron chi connectivity index (χ3n) is 5.22. The second-order valence-corrected chi connectivity index (χ2v) is 10.4. The maximum absolute atomic E-state index is 12.8. The molecule has 0 spiro atoms. The molecular weight excluding hydrogens is 495 g/mol. The highest BCUT2D eigenvalue weighted by Gasteiger charge is 2.21. The fourth-order valence-corrected chi connectivity index (χ4v) is 4.77. The van der Waals surface area contributed by atoms with Crippen LogP contribution in [0.4, 0.5) is 5.69 Å². The molecule has 9 heteroatoms. The number of carbonyl (C=O) groups is 1. The first kappa shape index (κ1) is 25.9. The third kappa shape index (κ3) is 6.44. The highest BCUT2D eigenvalue weighted by Crippen LogP contribution is 2.29. The van der Waals surface area contributed by atoms with Crippen molar-refractivity contribution >= 4 is 44.8 Å². The second-order valence-electron chi connectivity index (χ2n) is 7.71. The fourth-order valence-electron chi connectivity index (χ4n) is 3.39. The molecule has 0 aromatic heterocycles. The van der Waals surface area contributed by atoms with Gasteiger partial charge in [0.05, 0.1) is 31.1 Å². The number of carbonyl (C=O) groups excluding carboxylic acids is 1. The van der Waals surface area contributed by atoms with Crippen molar-refractivity contribution in [1.82, 2.24) is 5.32 Å². The van der Waals surface area contributed by atoms with E-state index in [9.17, 15) is 13.2 Å². The predicted octanol–water partition coefficient (Wildman–Crippen LogP) is 5.85. The Labute approximate surface area is 210 Å². The number of sulfonamides is 1. The van der Waals surface area contributed by atoms with E-state index in [0.717, 1.165) is 17.6 Å². The van der Waals surface area contributed by atoms with Gasteiger partial charge in [0.25, 0.3) is 5.91 Å². The SMILES string of the molecule is CCOc1ccc(C(C)NC(=O)c2ccc(N(Cc3c(Cl)cccc3Cl)S(C)(=O)=O)cc2)cc1. The molecule has 180 valence electrons. The van der Waals surface area contributed by atoms with Crippen LogP contribution in [0.15, 0.2) is 66.7 Å². The number of hydrogen-bond donors (Lipinski definition) is 1. The van der Waals surface area contributed by atoms with Gasteiger partial charge in [0.15, 0.2) is 0 Å². The Morgan fingerprint density at radius 1 is 1.00 bits per heavy atom. The zero-order valence-electron chi connectivity index (χ0n) is 19.1. The summed E-state index contributed by atoms with van der Waals surface area (Å²) in [5.74, 6) is 0.502. The lowest BCUT2D eigenvalue weighted by atomic mass is 10.1. The number of amides is 1. The summed E-state index contributed by atoms with van der Waals surface area (Å²) in [6.45, 7) is 4.37. The van der Waals surface area contributed by atoms with Crippen molar-refractivity contribution in [1.29, 1.82) is 0 Å². The lowest BCUT2D eigenvalue weighted by Gasteiger charge is -2.24. The van der Waals surface area contributed by atoms with Crippen LogP contribution in [0.25, 0.3) is 0 Å². The van der Waals surface area contributed by atoms with Crippen LogP contribution in [0.3, 0.4) is 0 Å². The van der Waals surface area contributed by atoms with Crippen molar-refractivity contribution in [2.45, 2.75) is 26.4 Å². The van der Waals surface area contributed by atoms with Gasteiger partial charge in [-0.25, -0.2) is 8.42 Å². The molecule has 3 aromatic carbocycles. The number of nitrogens with zero attached hydrogens (tertiary/aromatic N) is 1. The third-order valence-corrected chi connectivity index (χ3v) is 7.07. The van der Waals surface area contributed by atoms with E-state index in [1.807, 2.05) is 38.1 Å². The van der Waals surface area contributed by atoms with Gasteiger partial charge in [-0.15, -0.1) is 0 Å². The quantitative estimate of drug-likeness (QED) is 0.383. The zero-order valence-corrected chi connectivity index (χ0v) is 21.4. The van der Waals surface area contributed by atoms with Crippen molar-refractivity contribution < 1.29 is 17.9 Å². The van der Waals surface area contributed by atoms with Gasteiger partial charge in [-0.05, 0) is 67.9 Å². The van der Waals surface area contributed by atoms with Crippen LogP contribution in [0.1, 0.15) is 41.4 Å². The summed E-state index contributed by atoms with van der Waals surface area (Å²) in [5, 5.41) is 3.70. The lowest BCUT2D eigenvalue weighted by molar-refractivity contribution is 0.0940. The molecule has 0 saturated carbocycles. The molecule has 0 fully saturated rings. The maximum atomic E-state index is 12.8. The molecule has 0 aliphatic rings. The molecule has 34 heavy (non-hydrogen) atoms. The Morgan fingerprint density at radius 3 is 2.12 bits per heavy atom. The van der Waals surface area contributed by atoms with Gasteiger partial charge in [0, 0.05) is 21.2 Å². The number of halogens is 2. The van der Waals surface area contributed by atoms with Crippen molar-refractivity contribution in [2.75, 3.05) is 17.2 Å². The summed E-state index contributed by atoms with van der Waals surface area (Å²) in [6.07, 6.45) is 1.11. The van der Waals surface area contributed by atoms with Crippen LogP contribution < -0.4 is 14.4 Å². The van der Waals surface area contributed by atoms with Crippen LogP contribution in [-0.4, -0.2) is 27.2 Å². The molecule has 1 N–H and O–H groups in total. The normalized spacial score (nSPS) is 12.1. The molecule has 0 aliphatic heterocycles. The number of anilines is 1. The molecule has 3 rings (SSSR count). The Bertz CT molecular complexity index is 1230. The first-order chi connectivity index (χ1) is 16.1. The molecule has 6 nitrogen and oxygen atoms in total. The minimum absolute atomic E-state index is 0.0301. The van der Waals surface area contributed by atoms with E-state index in [1.54, 1.807) is 42.5 Å². The Hall–Kier alpha value is -2.74. The van der Waals surface area contributed by atoms with Gasteiger partial charge < -0.3 is 10.1 Å².